The van der Waals surface area contributed by atoms with Crippen LogP contribution in [0.4, 0.5) is 0 Å². The third-order valence-electron chi connectivity index (χ3n) is 2.68. The molecule has 0 aliphatic rings. The highest BCUT2D eigenvalue weighted by Gasteiger charge is 2.09. The molecule has 0 unspecified atom stereocenters. The second-order valence-electron chi connectivity index (χ2n) is 4.44. The number of nitrogens with two attached hydrogens (primary N) is 1. The predicted molar refractivity (Wildman–Crippen MR) is 62.9 cm³/mol. The average molecular weight is 208 g/mol. The van der Waals surface area contributed by atoms with E-state index in [-0.39, 0.29) is 5.56 Å². The molecule has 0 bridgehead atoms. The van der Waals surface area contributed by atoms with Gasteiger partial charge in [-0.25, -0.2) is 0 Å². The SMILES string of the molecule is Cc1cc(=O)n(CC(C)C)c(C)c1CN. The highest BCUT2D eigenvalue weighted by atomic mass is 16.1. The van der Waals surface area contributed by atoms with Gasteiger partial charge in [-0.15, -0.1) is 0 Å². The maximum absolute atomic E-state index is 11.8. The molecule has 3 nitrogen and oxygen atoms in total. The van der Waals surface area contributed by atoms with Gasteiger partial charge < -0.3 is 10.3 Å². The Hall–Kier alpha value is -1.09. The zero-order valence-corrected chi connectivity index (χ0v) is 10.0. The largest absolute Gasteiger partial charge is 0.326 e. The Morgan fingerprint density at radius 3 is 2.47 bits per heavy atom. The van der Waals surface area contributed by atoms with Gasteiger partial charge in [-0.3, -0.25) is 4.79 Å². The van der Waals surface area contributed by atoms with Crippen molar-refractivity contribution in [3.63, 3.8) is 0 Å². The smallest absolute Gasteiger partial charge is 0.250 e. The first kappa shape index (κ1) is 12.0. The number of nitrogens with zero attached hydrogens (tertiary/aromatic N) is 1. The summed E-state index contributed by atoms with van der Waals surface area (Å²) in [6.45, 7) is 9.38. The maximum Gasteiger partial charge on any atom is 0.250 e. The molecule has 0 aromatic carbocycles. The zero-order chi connectivity index (χ0) is 11.6. The summed E-state index contributed by atoms with van der Waals surface area (Å²) in [7, 11) is 0. The van der Waals surface area contributed by atoms with E-state index in [1.807, 2.05) is 18.4 Å². The van der Waals surface area contributed by atoms with E-state index >= 15 is 0 Å². The summed E-state index contributed by atoms with van der Waals surface area (Å²) in [4.78, 5) is 11.8. The molecule has 0 fully saturated rings. The van der Waals surface area contributed by atoms with Crippen molar-refractivity contribution >= 4 is 0 Å². The maximum atomic E-state index is 11.8. The van der Waals surface area contributed by atoms with Gasteiger partial charge in [-0.1, -0.05) is 13.8 Å². The number of hydrogen-bond donors (Lipinski definition) is 1. The summed E-state index contributed by atoms with van der Waals surface area (Å²) >= 11 is 0. The summed E-state index contributed by atoms with van der Waals surface area (Å²) in [5.41, 5.74) is 8.87. The first-order valence-electron chi connectivity index (χ1n) is 5.37. The predicted octanol–water partition coefficient (Wildman–Crippen LogP) is 1.58. The van der Waals surface area contributed by atoms with Crippen LogP contribution in [-0.4, -0.2) is 4.57 Å². The average Bonchev–Trinajstić information content (AvgIpc) is 2.12. The van der Waals surface area contributed by atoms with E-state index in [0.717, 1.165) is 23.4 Å². The summed E-state index contributed by atoms with van der Waals surface area (Å²) in [5, 5.41) is 0. The first-order chi connectivity index (χ1) is 6.97. The fourth-order valence-electron chi connectivity index (χ4n) is 1.86. The zero-order valence-electron chi connectivity index (χ0n) is 10.0. The molecular formula is C12H20N2O. The first-order valence-corrected chi connectivity index (χ1v) is 5.37. The van der Waals surface area contributed by atoms with Gasteiger partial charge in [0.1, 0.15) is 0 Å². The van der Waals surface area contributed by atoms with Crippen LogP contribution in [0.15, 0.2) is 10.9 Å². The second-order valence-corrected chi connectivity index (χ2v) is 4.44. The van der Waals surface area contributed by atoms with Crippen LogP contribution >= 0.6 is 0 Å². The monoisotopic (exact) mass is 208 g/mol. The Balaban J connectivity index is 3.32. The van der Waals surface area contributed by atoms with E-state index in [0.29, 0.717) is 12.5 Å². The van der Waals surface area contributed by atoms with Crippen molar-refractivity contribution < 1.29 is 0 Å². The standard InChI is InChI=1S/C12H20N2O/c1-8(2)7-14-10(4)11(6-13)9(3)5-12(14)15/h5,8H,6-7,13H2,1-4H3. The van der Waals surface area contributed by atoms with Crippen molar-refractivity contribution in [2.45, 2.75) is 40.8 Å². The van der Waals surface area contributed by atoms with Gasteiger partial charge in [0.15, 0.2) is 0 Å². The Bertz CT molecular complexity index is 405. The van der Waals surface area contributed by atoms with Crippen LogP contribution in [-0.2, 0) is 13.1 Å². The van der Waals surface area contributed by atoms with Crippen molar-refractivity contribution in [1.82, 2.24) is 4.57 Å². The molecule has 2 N–H and O–H groups in total. The number of pyridine rings is 1. The number of rotatable bonds is 3. The minimum atomic E-state index is 0.0795. The third kappa shape index (κ3) is 2.48. The molecule has 1 heterocycles. The van der Waals surface area contributed by atoms with E-state index < -0.39 is 0 Å². The molecule has 15 heavy (non-hydrogen) atoms. The molecule has 0 saturated heterocycles. The van der Waals surface area contributed by atoms with Crippen molar-refractivity contribution in [2.24, 2.45) is 11.7 Å². The van der Waals surface area contributed by atoms with E-state index in [1.54, 1.807) is 6.07 Å². The molecule has 1 rings (SSSR count). The lowest BCUT2D eigenvalue weighted by Crippen LogP contribution is -2.26. The molecule has 0 radical (unpaired) electrons. The highest BCUT2D eigenvalue weighted by molar-refractivity contribution is 5.29. The summed E-state index contributed by atoms with van der Waals surface area (Å²) < 4.78 is 1.82. The lowest BCUT2D eigenvalue weighted by molar-refractivity contribution is 0.499. The summed E-state index contributed by atoms with van der Waals surface area (Å²) in [6, 6.07) is 1.68. The Labute approximate surface area is 90.9 Å². The lowest BCUT2D eigenvalue weighted by Gasteiger charge is -2.16. The fourth-order valence-corrected chi connectivity index (χ4v) is 1.86. The van der Waals surface area contributed by atoms with Gasteiger partial charge in [-0.2, -0.15) is 0 Å². The van der Waals surface area contributed by atoms with Gasteiger partial charge in [0.2, 0.25) is 0 Å². The minimum Gasteiger partial charge on any atom is -0.326 e. The number of aromatic nitrogens is 1. The summed E-state index contributed by atoms with van der Waals surface area (Å²) in [5.74, 6) is 0.467. The molecule has 0 saturated carbocycles. The lowest BCUT2D eigenvalue weighted by atomic mass is 10.1. The Kier molecular flexibility index (Phi) is 3.69. The quantitative estimate of drug-likeness (QED) is 0.819. The van der Waals surface area contributed by atoms with Gasteiger partial charge in [-0.05, 0) is 30.9 Å². The van der Waals surface area contributed by atoms with Crippen LogP contribution < -0.4 is 11.3 Å². The van der Waals surface area contributed by atoms with Crippen LogP contribution in [0.1, 0.15) is 30.7 Å². The minimum absolute atomic E-state index is 0.0795. The fraction of sp³-hybridized carbons (Fsp3) is 0.583. The Morgan fingerprint density at radius 2 is 2.00 bits per heavy atom. The summed E-state index contributed by atoms with van der Waals surface area (Å²) in [6.07, 6.45) is 0. The van der Waals surface area contributed by atoms with Crippen molar-refractivity contribution in [3.8, 4) is 0 Å². The molecule has 0 aliphatic carbocycles. The van der Waals surface area contributed by atoms with Crippen LogP contribution in [0.3, 0.4) is 0 Å². The molecule has 0 spiro atoms. The molecule has 1 aromatic rings. The van der Waals surface area contributed by atoms with E-state index in [2.05, 4.69) is 13.8 Å². The van der Waals surface area contributed by atoms with Crippen molar-refractivity contribution in [3.05, 3.63) is 33.2 Å². The molecule has 0 atom stereocenters. The number of hydrogen-bond acceptors (Lipinski definition) is 2. The van der Waals surface area contributed by atoms with Gasteiger partial charge >= 0.3 is 0 Å². The molecular weight excluding hydrogens is 188 g/mol. The highest BCUT2D eigenvalue weighted by Crippen LogP contribution is 2.11. The van der Waals surface area contributed by atoms with Crippen LogP contribution in [0.25, 0.3) is 0 Å². The third-order valence-corrected chi connectivity index (χ3v) is 2.68. The normalized spacial score (nSPS) is 11.1. The van der Waals surface area contributed by atoms with Crippen LogP contribution in [0, 0.1) is 19.8 Å². The van der Waals surface area contributed by atoms with Crippen molar-refractivity contribution in [1.29, 1.82) is 0 Å². The van der Waals surface area contributed by atoms with Gasteiger partial charge in [0.25, 0.3) is 5.56 Å². The van der Waals surface area contributed by atoms with Gasteiger partial charge in [0, 0.05) is 24.8 Å². The van der Waals surface area contributed by atoms with E-state index in [1.165, 1.54) is 0 Å². The van der Waals surface area contributed by atoms with Crippen LogP contribution in [0.2, 0.25) is 0 Å². The van der Waals surface area contributed by atoms with E-state index in [9.17, 15) is 4.79 Å². The van der Waals surface area contributed by atoms with Gasteiger partial charge in [0.05, 0.1) is 0 Å². The molecule has 0 amide bonds. The van der Waals surface area contributed by atoms with Crippen LogP contribution in [0.5, 0.6) is 0 Å². The molecule has 3 heteroatoms. The molecule has 84 valence electrons. The molecule has 1 aromatic heterocycles. The molecule has 0 aliphatic heterocycles. The second kappa shape index (κ2) is 4.62. The number of aryl methyl sites for hydroxylation is 1. The van der Waals surface area contributed by atoms with E-state index in [4.69, 9.17) is 5.73 Å². The van der Waals surface area contributed by atoms with Crippen molar-refractivity contribution in [2.75, 3.05) is 0 Å². The topological polar surface area (TPSA) is 48.0 Å². The Morgan fingerprint density at radius 1 is 1.40 bits per heavy atom.